The van der Waals surface area contributed by atoms with Crippen molar-refractivity contribution in [1.29, 1.82) is 5.26 Å². The first-order valence-corrected chi connectivity index (χ1v) is 5.59. The summed E-state index contributed by atoms with van der Waals surface area (Å²) in [6, 6.07) is 3.80. The fourth-order valence-electron chi connectivity index (χ4n) is 1.67. The minimum Gasteiger partial charge on any atom is -0.310 e. The number of nitrogens with one attached hydrogen (secondary N) is 1. The summed E-state index contributed by atoms with van der Waals surface area (Å²) in [5.74, 6) is 0.311. The van der Waals surface area contributed by atoms with Gasteiger partial charge in [0.05, 0.1) is 6.20 Å². The van der Waals surface area contributed by atoms with E-state index >= 15 is 0 Å². The van der Waals surface area contributed by atoms with Crippen LogP contribution in [0.3, 0.4) is 0 Å². The summed E-state index contributed by atoms with van der Waals surface area (Å²) in [7, 11) is 0. The van der Waals surface area contributed by atoms with Crippen molar-refractivity contribution in [1.82, 2.24) is 19.7 Å². The molecule has 0 bridgehead atoms. The zero-order valence-electron chi connectivity index (χ0n) is 10.8. The van der Waals surface area contributed by atoms with Gasteiger partial charge in [-0.1, -0.05) is 0 Å². The molecule has 19 heavy (non-hydrogen) atoms. The van der Waals surface area contributed by atoms with Crippen LogP contribution < -0.4 is 5.32 Å². The van der Waals surface area contributed by atoms with Gasteiger partial charge in [-0.05, 0) is 19.9 Å². The van der Waals surface area contributed by atoms with Gasteiger partial charge in [0.25, 0.3) is 5.95 Å². The summed E-state index contributed by atoms with van der Waals surface area (Å²) >= 11 is 0. The number of nitriles is 1. The number of rotatable bonds is 2. The van der Waals surface area contributed by atoms with Crippen LogP contribution in [0, 0.1) is 25.2 Å². The molecule has 0 atom stereocenters. The molecule has 1 N–H and O–H groups in total. The van der Waals surface area contributed by atoms with Gasteiger partial charge in [-0.3, -0.25) is 4.79 Å². The fraction of sp³-hybridized carbons (Fsp3) is 0.250. The molecule has 0 saturated heterocycles. The van der Waals surface area contributed by atoms with Gasteiger partial charge in [0.15, 0.2) is 5.82 Å². The first-order chi connectivity index (χ1) is 9.01. The molecule has 2 heterocycles. The number of hydrogen-bond donors (Lipinski definition) is 1. The molecule has 0 saturated carbocycles. The summed E-state index contributed by atoms with van der Waals surface area (Å²) in [5, 5.41) is 15.6. The summed E-state index contributed by atoms with van der Waals surface area (Å²) in [4.78, 5) is 19.7. The Kier molecular flexibility index (Phi) is 3.25. The fourth-order valence-corrected chi connectivity index (χ4v) is 1.67. The highest BCUT2D eigenvalue weighted by molar-refractivity contribution is 5.89. The molecule has 7 heteroatoms. The maximum Gasteiger partial charge on any atom is 0.252 e. The van der Waals surface area contributed by atoms with Crippen molar-refractivity contribution in [3.63, 3.8) is 0 Å². The second kappa shape index (κ2) is 4.86. The second-order valence-corrected chi connectivity index (χ2v) is 4.06. The molecule has 2 aromatic rings. The number of aromatic nitrogens is 4. The molecule has 0 aliphatic rings. The number of nitrogens with zero attached hydrogens (tertiary/aromatic N) is 5. The van der Waals surface area contributed by atoms with Crippen molar-refractivity contribution in [2.45, 2.75) is 20.8 Å². The van der Waals surface area contributed by atoms with Gasteiger partial charge < -0.3 is 5.32 Å². The Balaban J connectivity index is 2.59. The van der Waals surface area contributed by atoms with E-state index in [0.717, 1.165) is 11.4 Å². The number of amides is 1. The third kappa shape index (κ3) is 2.57. The minimum atomic E-state index is -0.289. The van der Waals surface area contributed by atoms with E-state index in [1.165, 1.54) is 17.8 Å². The molecule has 2 aromatic heterocycles. The Morgan fingerprint density at radius 3 is 2.53 bits per heavy atom. The van der Waals surface area contributed by atoms with Crippen LogP contribution in [0.25, 0.3) is 5.95 Å². The molecule has 0 aromatic carbocycles. The molecule has 0 spiro atoms. The molecule has 0 unspecified atom stereocenters. The smallest absolute Gasteiger partial charge is 0.252 e. The number of hydrogen-bond acceptors (Lipinski definition) is 5. The van der Waals surface area contributed by atoms with Crippen LogP contribution in [0.5, 0.6) is 0 Å². The van der Waals surface area contributed by atoms with E-state index in [9.17, 15) is 4.79 Å². The first kappa shape index (κ1) is 12.7. The van der Waals surface area contributed by atoms with Crippen LogP contribution >= 0.6 is 0 Å². The predicted octanol–water partition coefficient (Wildman–Crippen LogP) is 1.11. The van der Waals surface area contributed by atoms with Gasteiger partial charge in [-0.2, -0.15) is 15.0 Å². The van der Waals surface area contributed by atoms with Crippen molar-refractivity contribution in [2.24, 2.45) is 0 Å². The second-order valence-electron chi connectivity index (χ2n) is 4.06. The lowest BCUT2D eigenvalue weighted by atomic mass is 10.3. The zero-order valence-corrected chi connectivity index (χ0v) is 10.8. The Morgan fingerprint density at radius 1 is 1.37 bits per heavy atom. The SMILES string of the molecule is CC(=O)Nc1c(C#N)cnn1-c1nc(C)cc(C)n1. The molecule has 96 valence electrons. The van der Waals surface area contributed by atoms with Gasteiger partial charge >= 0.3 is 0 Å². The topological polar surface area (TPSA) is 96.5 Å². The Hall–Kier alpha value is -2.75. The summed E-state index contributed by atoms with van der Waals surface area (Å²) in [6.07, 6.45) is 1.37. The Labute approximate surface area is 109 Å². The van der Waals surface area contributed by atoms with Crippen LogP contribution in [0.15, 0.2) is 12.3 Å². The number of carbonyl (C=O) groups is 1. The van der Waals surface area contributed by atoms with Crippen LogP contribution in [-0.4, -0.2) is 25.7 Å². The van der Waals surface area contributed by atoms with Gasteiger partial charge in [0.1, 0.15) is 11.6 Å². The van der Waals surface area contributed by atoms with E-state index in [1.54, 1.807) is 0 Å². The van der Waals surface area contributed by atoms with E-state index in [1.807, 2.05) is 26.0 Å². The van der Waals surface area contributed by atoms with Crippen LogP contribution in [-0.2, 0) is 4.79 Å². The van der Waals surface area contributed by atoms with Crippen LogP contribution in [0.1, 0.15) is 23.9 Å². The van der Waals surface area contributed by atoms with E-state index in [0.29, 0.717) is 5.95 Å². The van der Waals surface area contributed by atoms with Crippen LogP contribution in [0.2, 0.25) is 0 Å². The molecular formula is C12H12N6O. The normalized spacial score (nSPS) is 10.0. The first-order valence-electron chi connectivity index (χ1n) is 5.59. The highest BCUT2D eigenvalue weighted by atomic mass is 16.1. The number of carbonyl (C=O) groups excluding carboxylic acids is 1. The maximum absolute atomic E-state index is 11.2. The van der Waals surface area contributed by atoms with Crippen molar-refractivity contribution in [3.05, 3.63) is 29.2 Å². The third-order valence-electron chi connectivity index (χ3n) is 2.34. The Bertz CT molecular complexity index is 662. The maximum atomic E-state index is 11.2. The lowest BCUT2D eigenvalue weighted by Gasteiger charge is -2.07. The average Bonchev–Trinajstić information content (AvgIpc) is 2.69. The summed E-state index contributed by atoms with van der Waals surface area (Å²) < 4.78 is 1.35. The van der Waals surface area contributed by atoms with Gasteiger partial charge in [-0.15, -0.1) is 0 Å². The van der Waals surface area contributed by atoms with E-state index in [-0.39, 0.29) is 17.3 Å². The molecule has 0 radical (unpaired) electrons. The lowest BCUT2D eigenvalue weighted by Crippen LogP contribution is -2.14. The van der Waals surface area contributed by atoms with Crippen molar-refractivity contribution >= 4 is 11.7 Å². The standard InChI is InChI=1S/C12H12N6O/c1-7-4-8(2)16-12(15-7)18-11(17-9(3)19)10(5-13)6-14-18/h4,6H,1-3H3,(H,17,19). The number of anilines is 1. The van der Waals surface area contributed by atoms with Gasteiger partial charge in [0.2, 0.25) is 5.91 Å². The third-order valence-corrected chi connectivity index (χ3v) is 2.34. The molecule has 7 nitrogen and oxygen atoms in total. The van der Waals surface area contributed by atoms with E-state index in [2.05, 4.69) is 20.4 Å². The molecule has 0 fully saturated rings. The number of aryl methyl sites for hydroxylation is 2. The van der Waals surface area contributed by atoms with Gasteiger partial charge in [0, 0.05) is 18.3 Å². The lowest BCUT2D eigenvalue weighted by molar-refractivity contribution is -0.114. The van der Waals surface area contributed by atoms with Crippen LogP contribution in [0.4, 0.5) is 5.82 Å². The monoisotopic (exact) mass is 256 g/mol. The van der Waals surface area contributed by atoms with E-state index in [4.69, 9.17) is 5.26 Å². The van der Waals surface area contributed by atoms with Gasteiger partial charge in [-0.25, -0.2) is 9.97 Å². The zero-order chi connectivity index (χ0) is 14.0. The molecule has 0 aliphatic carbocycles. The quantitative estimate of drug-likeness (QED) is 0.868. The molecule has 0 aliphatic heterocycles. The molecule has 2 rings (SSSR count). The van der Waals surface area contributed by atoms with E-state index < -0.39 is 0 Å². The highest BCUT2D eigenvalue weighted by Crippen LogP contribution is 2.17. The summed E-state index contributed by atoms with van der Waals surface area (Å²) in [5.41, 5.74) is 1.83. The average molecular weight is 256 g/mol. The largest absolute Gasteiger partial charge is 0.310 e. The highest BCUT2D eigenvalue weighted by Gasteiger charge is 2.15. The van der Waals surface area contributed by atoms with Crippen molar-refractivity contribution < 1.29 is 4.79 Å². The summed E-state index contributed by atoms with van der Waals surface area (Å²) in [6.45, 7) is 5.04. The molecule has 1 amide bonds. The molecular weight excluding hydrogens is 244 g/mol. The van der Waals surface area contributed by atoms with Crippen molar-refractivity contribution in [2.75, 3.05) is 5.32 Å². The predicted molar refractivity (Wildman–Crippen MR) is 67.6 cm³/mol. The van der Waals surface area contributed by atoms with Crippen molar-refractivity contribution in [3.8, 4) is 12.0 Å². The Morgan fingerprint density at radius 2 is 2.00 bits per heavy atom. The minimum absolute atomic E-state index is 0.262.